The standard InChI is InChI=1S/C31H28O12/c1-15-25(36)27(38)30(42-23(35)12-5-16-3-8-18(32)9-4-16)31(40-15)43-29-26(37)24-21(34)13-19(33)14-22(24)41-28(29)17-6-10-20(39-2)11-7-17/h3-15,25,27,30-34,36,38H,1-2H3/b12-5-/t15-,25-,27+,30+,31-/m0/s1. The highest BCUT2D eigenvalue weighted by Crippen LogP contribution is 2.37. The zero-order valence-electron chi connectivity index (χ0n) is 22.9. The highest BCUT2D eigenvalue weighted by molar-refractivity contribution is 5.88. The van der Waals surface area contributed by atoms with E-state index in [1.54, 1.807) is 36.4 Å². The molecule has 0 spiro atoms. The van der Waals surface area contributed by atoms with Crippen LogP contribution in [-0.4, -0.2) is 69.3 Å². The molecule has 0 saturated carbocycles. The van der Waals surface area contributed by atoms with Crippen molar-refractivity contribution in [3.8, 4) is 40.1 Å². The second-order valence-electron chi connectivity index (χ2n) is 9.79. The molecule has 5 atom stereocenters. The highest BCUT2D eigenvalue weighted by atomic mass is 16.7. The Labute approximate surface area is 244 Å². The Kier molecular flexibility index (Phi) is 8.26. The monoisotopic (exact) mass is 592 g/mol. The fourth-order valence-electron chi connectivity index (χ4n) is 4.57. The van der Waals surface area contributed by atoms with Gasteiger partial charge in [-0.15, -0.1) is 0 Å². The Bertz CT molecular complexity index is 1710. The number of fused-ring (bicyclic) bond motifs is 1. The number of carbonyl (C=O) groups is 1. The molecule has 0 aliphatic carbocycles. The van der Waals surface area contributed by atoms with Gasteiger partial charge >= 0.3 is 5.97 Å². The van der Waals surface area contributed by atoms with E-state index >= 15 is 0 Å². The predicted molar refractivity (Wildman–Crippen MR) is 152 cm³/mol. The number of aromatic hydroxyl groups is 3. The van der Waals surface area contributed by atoms with Crippen LogP contribution in [0.3, 0.4) is 0 Å². The van der Waals surface area contributed by atoms with Crippen molar-refractivity contribution in [2.45, 2.75) is 37.6 Å². The topological polar surface area (TPSA) is 185 Å². The van der Waals surface area contributed by atoms with Crippen LogP contribution in [0.5, 0.6) is 28.7 Å². The van der Waals surface area contributed by atoms with E-state index in [9.17, 15) is 35.1 Å². The summed E-state index contributed by atoms with van der Waals surface area (Å²) in [5.41, 5.74) is -0.0806. The first-order chi connectivity index (χ1) is 20.5. The molecule has 2 heterocycles. The highest BCUT2D eigenvalue weighted by Gasteiger charge is 2.47. The van der Waals surface area contributed by atoms with Gasteiger partial charge in [0.1, 0.15) is 46.2 Å². The lowest BCUT2D eigenvalue weighted by molar-refractivity contribution is -0.272. The van der Waals surface area contributed by atoms with E-state index in [2.05, 4.69) is 0 Å². The predicted octanol–water partition coefficient (Wildman–Crippen LogP) is 3.06. The number of methoxy groups -OCH3 is 1. The Morgan fingerprint density at radius 3 is 2.30 bits per heavy atom. The number of hydrogen-bond donors (Lipinski definition) is 5. The van der Waals surface area contributed by atoms with Crippen LogP contribution in [0.1, 0.15) is 12.5 Å². The number of aliphatic hydroxyl groups is 2. The van der Waals surface area contributed by atoms with E-state index in [1.165, 1.54) is 32.2 Å². The molecular weight excluding hydrogens is 564 g/mol. The lowest BCUT2D eigenvalue weighted by atomic mass is 9.99. The molecule has 0 amide bonds. The zero-order chi connectivity index (χ0) is 30.8. The molecule has 5 rings (SSSR count). The average molecular weight is 593 g/mol. The van der Waals surface area contributed by atoms with Gasteiger partial charge in [-0.1, -0.05) is 12.1 Å². The maximum Gasteiger partial charge on any atom is 0.331 e. The van der Waals surface area contributed by atoms with Crippen molar-refractivity contribution in [1.29, 1.82) is 0 Å². The van der Waals surface area contributed by atoms with E-state index in [1.807, 2.05) is 0 Å². The SMILES string of the molecule is COc1ccc(-c2oc3cc(O)cc(O)c3c(=O)c2O[C@@H]2O[C@@H](C)[C@H](O)[C@@H](O)[C@H]2OC(=O)/C=C\c2ccc(O)cc2)cc1. The molecule has 0 unspecified atom stereocenters. The second kappa shape index (κ2) is 12.1. The van der Waals surface area contributed by atoms with E-state index in [-0.39, 0.29) is 28.2 Å². The summed E-state index contributed by atoms with van der Waals surface area (Å²) in [6.07, 6.45) is -4.92. The molecule has 5 N–H and O–H groups in total. The molecule has 3 aromatic carbocycles. The van der Waals surface area contributed by atoms with Gasteiger partial charge in [-0.25, -0.2) is 4.79 Å². The number of ether oxygens (including phenoxy) is 4. The van der Waals surface area contributed by atoms with Crippen molar-refractivity contribution in [2.75, 3.05) is 7.11 Å². The van der Waals surface area contributed by atoms with Crippen molar-refractivity contribution in [2.24, 2.45) is 0 Å². The third kappa shape index (κ3) is 6.11. The van der Waals surface area contributed by atoms with Gasteiger partial charge in [-0.2, -0.15) is 0 Å². The molecule has 12 nitrogen and oxygen atoms in total. The van der Waals surface area contributed by atoms with Crippen molar-refractivity contribution in [3.05, 3.63) is 82.5 Å². The maximum atomic E-state index is 13.7. The van der Waals surface area contributed by atoms with Gasteiger partial charge in [0.05, 0.1) is 13.2 Å². The van der Waals surface area contributed by atoms with Gasteiger partial charge in [-0.05, 0) is 55.0 Å². The smallest absolute Gasteiger partial charge is 0.331 e. The largest absolute Gasteiger partial charge is 0.508 e. The van der Waals surface area contributed by atoms with Crippen LogP contribution in [0.15, 0.2) is 76.0 Å². The fourth-order valence-corrected chi connectivity index (χ4v) is 4.57. The summed E-state index contributed by atoms with van der Waals surface area (Å²) in [7, 11) is 1.48. The summed E-state index contributed by atoms with van der Waals surface area (Å²) >= 11 is 0. The van der Waals surface area contributed by atoms with Crippen LogP contribution in [0.2, 0.25) is 0 Å². The number of esters is 1. The molecule has 1 fully saturated rings. The fraction of sp³-hybridized carbons (Fsp3) is 0.226. The summed E-state index contributed by atoms with van der Waals surface area (Å²) in [5, 5.41) is 50.9. The minimum absolute atomic E-state index is 0.0441. The van der Waals surface area contributed by atoms with Gasteiger partial charge in [0.2, 0.25) is 17.5 Å². The third-order valence-electron chi connectivity index (χ3n) is 6.85. The first-order valence-corrected chi connectivity index (χ1v) is 13.1. The summed E-state index contributed by atoms with van der Waals surface area (Å²) in [5.74, 6) is -1.88. The van der Waals surface area contributed by atoms with Crippen LogP contribution >= 0.6 is 0 Å². The molecule has 0 radical (unpaired) electrons. The number of phenols is 3. The lowest BCUT2D eigenvalue weighted by Gasteiger charge is -2.40. The van der Waals surface area contributed by atoms with Crippen molar-refractivity contribution in [1.82, 2.24) is 0 Å². The lowest BCUT2D eigenvalue weighted by Crippen LogP contribution is -2.59. The Balaban J connectivity index is 1.54. The summed E-state index contributed by atoms with van der Waals surface area (Å²) in [6.45, 7) is 1.45. The molecular formula is C31H28O12. The molecule has 0 bridgehead atoms. The quantitative estimate of drug-likeness (QED) is 0.156. The molecule has 1 saturated heterocycles. The molecule has 12 heteroatoms. The molecule has 1 aromatic heterocycles. The van der Waals surface area contributed by atoms with Gasteiger partial charge < -0.3 is 48.9 Å². The Morgan fingerprint density at radius 1 is 0.930 bits per heavy atom. The minimum atomic E-state index is -1.68. The van der Waals surface area contributed by atoms with E-state index < -0.39 is 53.6 Å². The zero-order valence-corrected chi connectivity index (χ0v) is 22.9. The number of carbonyl (C=O) groups excluding carboxylic acids is 1. The van der Waals surface area contributed by atoms with Crippen LogP contribution in [-0.2, 0) is 14.3 Å². The first-order valence-electron chi connectivity index (χ1n) is 13.1. The van der Waals surface area contributed by atoms with Crippen LogP contribution < -0.4 is 14.9 Å². The summed E-state index contributed by atoms with van der Waals surface area (Å²) in [6, 6.07) is 14.5. The van der Waals surface area contributed by atoms with E-state index in [4.69, 9.17) is 23.4 Å². The maximum absolute atomic E-state index is 13.7. The van der Waals surface area contributed by atoms with Crippen molar-refractivity contribution < 1.29 is 53.7 Å². The number of benzene rings is 3. The number of aliphatic hydroxyl groups excluding tert-OH is 2. The summed E-state index contributed by atoms with van der Waals surface area (Å²) < 4.78 is 28.3. The van der Waals surface area contributed by atoms with Gasteiger partial charge in [0, 0.05) is 23.8 Å². The first kappa shape index (κ1) is 29.5. The van der Waals surface area contributed by atoms with E-state index in [0.717, 1.165) is 18.2 Å². The van der Waals surface area contributed by atoms with Crippen LogP contribution in [0.4, 0.5) is 0 Å². The number of phenolic OH excluding ortho intramolecular Hbond substituents is 3. The van der Waals surface area contributed by atoms with Crippen LogP contribution in [0, 0.1) is 0 Å². The summed E-state index contributed by atoms with van der Waals surface area (Å²) in [4.78, 5) is 26.5. The van der Waals surface area contributed by atoms with Gasteiger partial charge in [0.15, 0.2) is 11.9 Å². The van der Waals surface area contributed by atoms with Crippen molar-refractivity contribution >= 4 is 23.0 Å². The van der Waals surface area contributed by atoms with Crippen molar-refractivity contribution in [3.63, 3.8) is 0 Å². The average Bonchev–Trinajstić information content (AvgIpc) is 2.98. The van der Waals surface area contributed by atoms with Crippen LogP contribution in [0.25, 0.3) is 28.4 Å². The Morgan fingerprint density at radius 2 is 1.63 bits per heavy atom. The molecule has 43 heavy (non-hydrogen) atoms. The minimum Gasteiger partial charge on any atom is -0.508 e. The molecule has 4 aromatic rings. The van der Waals surface area contributed by atoms with Gasteiger partial charge in [0.25, 0.3) is 0 Å². The number of rotatable bonds is 7. The molecule has 1 aliphatic heterocycles. The second-order valence-corrected chi connectivity index (χ2v) is 9.79. The molecule has 1 aliphatic rings. The third-order valence-corrected chi connectivity index (χ3v) is 6.85. The van der Waals surface area contributed by atoms with E-state index in [0.29, 0.717) is 16.9 Å². The normalized spacial score (nSPS) is 22.0. The van der Waals surface area contributed by atoms with Gasteiger partial charge in [-0.3, -0.25) is 4.79 Å². The molecule has 224 valence electrons. The number of hydrogen-bond acceptors (Lipinski definition) is 12. The Hall–Kier alpha value is -5.04.